The summed E-state index contributed by atoms with van der Waals surface area (Å²) in [4.78, 5) is 17.8. The molecule has 0 bridgehead atoms. The van der Waals surface area contributed by atoms with E-state index in [1.54, 1.807) is 24.3 Å². The third kappa shape index (κ3) is 4.05. The van der Waals surface area contributed by atoms with E-state index in [0.29, 0.717) is 36.7 Å². The predicted molar refractivity (Wildman–Crippen MR) is 124 cm³/mol. The molecule has 0 fully saturated rings. The van der Waals surface area contributed by atoms with E-state index >= 15 is 0 Å². The Balaban J connectivity index is 1.49. The van der Waals surface area contributed by atoms with E-state index in [4.69, 9.17) is 27.9 Å². The van der Waals surface area contributed by atoms with Crippen molar-refractivity contribution in [1.82, 2.24) is 14.6 Å². The van der Waals surface area contributed by atoms with E-state index in [0.717, 1.165) is 11.3 Å². The molecule has 2 heterocycles. The van der Waals surface area contributed by atoms with Crippen molar-refractivity contribution in [2.24, 2.45) is 0 Å². The molecule has 8 heteroatoms. The fourth-order valence-electron chi connectivity index (χ4n) is 3.06. The third-order valence-corrected chi connectivity index (χ3v) is 6.00. The Morgan fingerprint density at radius 1 is 0.935 bits per heavy atom. The van der Waals surface area contributed by atoms with Crippen molar-refractivity contribution in [1.29, 1.82) is 0 Å². The molecule has 0 amide bonds. The van der Waals surface area contributed by atoms with Crippen LogP contribution >= 0.6 is 34.5 Å². The standard InChI is InChI=1S/C23H13Cl2N3O2S/c24-15-9-10-18(19(25)13-15)21-26-23-28(27-21)22(29)20(31-23)12-14-5-4-8-17(11-14)30-16-6-2-1-3-7-16/h1-13H/b20-12-. The fraction of sp³-hybridized carbons (Fsp3) is 0. The molecule has 0 atom stereocenters. The van der Waals surface area contributed by atoms with Crippen molar-refractivity contribution in [2.45, 2.75) is 0 Å². The number of rotatable bonds is 4. The Morgan fingerprint density at radius 3 is 2.52 bits per heavy atom. The van der Waals surface area contributed by atoms with E-state index in [2.05, 4.69) is 10.1 Å². The summed E-state index contributed by atoms with van der Waals surface area (Å²) in [5.41, 5.74) is 1.23. The average Bonchev–Trinajstić information content (AvgIpc) is 3.28. The lowest BCUT2D eigenvalue weighted by Crippen LogP contribution is -2.23. The summed E-state index contributed by atoms with van der Waals surface area (Å²) in [6, 6.07) is 22.1. The number of hydrogen-bond donors (Lipinski definition) is 0. The first-order valence-electron chi connectivity index (χ1n) is 9.26. The molecular formula is C23H13Cl2N3O2S. The summed E-state index contributed by atoms with van der Waals surface area (Å²) in [6.45, 7) is 0. The molecule has 0 aliphatic rings. The van der Waals surface area contributed by atoms with Crippen LogP contribution < -0.4 is 14.8 Å². The zero-order chi connectivity index (χ0) is 21.4. The van der Waals surface area contributed by atoms with Crippen molar-refractivity contribution in [2.75, 3.05) is 0 Å². The van der Waals surface area contributed by atoms with E-state index in [-0.39, 0.29) is 5.56 Å². The highest BCUT2D eigenvalue weighted by molar-refractivity contribution is 7.15. The quantitative estimate of drug-likeness (QED) is 0.353. The fourth-order valence-corrected chi connectivity index (χ4v) is 4.46. The van der Waals surface area contributed by atoms with Crippen molar-refractivity contribution in [3.05, 3.63) is 103 Å². The van der Waals surface area contributed by atoms with E-state index in [1.165, 1.54) is 15.9 Å². The smallest absolute Gasteiger partial charge is 0.291 e. The number of hydrogen-bond acceptors (Lipinski definition) is 5. The van der Waals surface area contributed by atoms with Gasteiger partial charge in [0.1, 0.15) is 11.5 Å². The lowest BCUT2D eigenvalue weighted by molar-refractivity contribution is 0.482. The lowest BCUT2D eigenvalue weighted by Gasteiger charge is -2.05. The second-order valence-electron chi connectivity index (χ2n) is 6.66. The molecule has 152 valence electrons. The Kier molecular flexibility index (Phi) is 5.19. The van der Waals surface area contributed by atoms with Gasteiger partial charge in [0.2, 0.25) is 4.96 Å². The first-order chi connectivity index (χ1) is 15.1. The molecule has 0 aliphatic heterocycles. The van der Waals surface area contributed by atoms with Gasteiger partial charge in [0.15, 0.2) is 5.82 Å². The molecule has 5 rings (SSSR count). The summed E-state index contributed by atoms with van der Waals surface area (Å²) < 4.78 is 7.69. The number of para-hydroxylation sites is 1. The zero-order valence-corrected chi connectivity index (χ0v) is 18.2. The van der Waals surface area contributed by atoms with Gasteiger partial charge in [0, 0.05) is 10.6 Å². The summed E-state index contributed by atoms with van der Waals surface area (Å²) in [5.74, 6) is 1.82. The molecule has 0 spiro atoms. The monoisotopic (exact) mass is 465 g/mol. The van der Waals surface area contributed by atoms with Crippen LogP contribution in [0.2, 0.25) is 10.0 Å². The SMILES string of the molecule is O=c1/c(=C/c2cccc(Oc3ccccc3)c2)sc2nc(-c3ccc(Cl)cc3Cl)nn12. The third-order valence-electron chi connectivity index (χ3n) is 4.49. The summed E-state index contributed by atoms with van der Waals surface area (Å²) in [5, 5.41) is 5.29. The maximum absolute atomic E-state index is 12.8. The first-order valence-corrected chi connectivity index (χ1v) is 10.8. The van der Waals surface area contributed by atoms with Gasteiger partial charge in [-0.05, 0) is 54.1 Å². The number of halogens is 2. The lowest BCUT2D eigenvalue weighted by atomic mass is 10.2. The molecule has 5 aromatic rings. The highest BCUT2D eigenvalue weighted by Gasteiger charge is 2.14. The van der Waals surface area contributed by atoms with Crippen LogP contribution in [0.4, 0.5) is 0 Å². The van der Waals surface area contributed by atoms with Crippen LogP contribution in [-0.2, 0) is 0 Å². The normalized spacial score (nSPS) is 11.9. The maximum atomic E-state index is 12.8. The Morgan fingerprint density at radius 2 is 1.74 bits per heavy atom. The molecule has 0 unspecified atom stereocenters. The zero-order valence-electron chi connectivity index (χ0n) is 15.8. The van der Waals surface area contributed by atoms with Gasteiger partial charge in [-0.2, -0.15) is 9.50 Å². The van der Waals surface area contributed by atoms with E-state index in [1.807, 2.05) is 54.6 Å². The topological polar surface area (TPSA) is 56.5 Å². The largest absolute Gasteiger partial charge is 0.457 e. The van der Waals surface area contributed by atoms with Gasteiger partial charge in [0.05, 0.1) is 9.55 Å². The minimum Gasteiger partial charge on any atom is -0.457 e. The number of aromatic nitrogens is 3. The molecule has 2 aromatic heterocycles. The molecular weight excluding hydrogens is 453 g/mol. The second-order valence-corrected chi connectivity index (χ2v) is 8.51. The summed E-state index contributed by atoms with van der Waals surface area (Å²) in [7, 11) is 0. The minimum absolute atomic E-state index is 0.238. The predicted octanol–water partition coefficient (Wildman–Crippen LogP) is 5.46. The van der Waals surface area contributed by atoms with E-state index in [9.17, 15) is 4.79 Å². The molecule has 0 N–H and O–H groups in total. The highest BCUT2D eigenvalue weighted by atomic mass is 35.5. The highest BCUT2D eigenvalue weighted by Crippen LogP contribution is 2.28. The van der Waals surface area contributed by atoms with Crippen LogP contribution in [0.3, 0.4) is 0 Å². The second kappa shape index (κ2) is 8.15. The van der Waals surface area contributed by atoms with Gasteiger partial charge >= 0.3 is 0 Å². The van der Waals surface area contributed by atoms with Crippen molar-refractivity contribution < 1.29 is 4.74 Å². The van der Waals surface area contributed by atoms with Crippen molar-refractivity contribution in [3.63, 3.8) is 0 Å². The van der Waals surface area contributed by atoms with Gasteiger partial charge in [0.25, 0.3) is 5.56 Å². The van der Waals surface area contributed by atoms with Crippen molar-refractivity contribution >= 4 is 45.6 Å². The number of benzene rings is 3. The molecule has 5 nitrogen and oxygen atoms in total. The number of fused-ring (bicyclic) bond motifs is 1. The molecule has 0 saturated carbocycles. The Bertz CT molecular complexity index is 1510. The Hall–Kier alpha value is -3.19. The summed E-state index contributed by atoms with van der Waals surface area (Å²) >= 11 is 13.5. The van der Waals surface area contributed by atoms with Crippen LogP contribution in [-0.4, -0.2) is 14.6 Å². The summed E-state index contributed by atoms with van der Waals surface area (Å²) in [6.07, 6.45) is 1.80. The van der Waals surface area contributed by atoms with Crippen LogP contribution in [0.5, 0.6) is 11.5 Å². The average molecular weight is 466 g/mol. The van der Waals surface area contributed by atoms with Crippen molar-refractivity contribution in [3.8, 4) is 22.9 Å². The maximum Gasteiger partial charge on any atom is 0.291 e. The van der Waals surface area contributed by atoms with Crippen LogP contribution in [0, 0.1) is 0 Å². The number of thiazole rings is 1. The van der Waals surface area contributed by atoms with Gasteiger partial charge in [-0.25, -0.2) is 0 Å². The minimum atomic E-state index is -0.238. The van der Waals surface area contributed by atoms with Crippen LogP contribution in [0.1, 0.15) is 5.56 Å². The number of nitrogens with zero attached hydrogens (tertiary/aromatic N) is 3. The van der Waals surface area contributed by atoms with Gasteiger partial charge in [-0.3, -0.25) is 4.79 Å². The van der Waals surface area contributed by atoms with Gasteiger partial charge in [-0.1, -0.05) is 64.9 Å². The number of ether oxygens (including phenoxy) is 1. The van der Waals surface area contributed by atoms with Crippen LogP contribution in [0.25, 0.3) is 22.4 Å². The molecule has 0 radical (unpaired) electrons. The molecule has 0 saturated heterocycles. The molecule has 3 aromatic carbocycles. The van der Waals surface area contributed by atoms with Gasteiger partial charge in [-0.15, -0.1) is 5.10 Å². The molecule has 0 aliphatic carbocycles. The van der Waals surface area contributed by atoms with Crippen LogP contribution in [0.15, 0.2) is 77.6 Å². The Labute approximate surface area is 190 Å². The van der Waals surface area contributed by atoms with Gasteiger partial charge < -0.3 is 4.74 Å². The first kappa shape index (κ1) is 19.8. The van der Waals surface area contributed by atoms with E-state index < -0.39 is 0 Å². The molecule has 31 heavy (non-hydrogen) atoms.